The highest BCUT2D eigenvalue weighted by Crippen LogP contribution is 2.27. The minimum atomic E-state index is 0.0669. The van der Waals surface area contributed by atoms with Crippen LogP contribution in [-0.4, -0.2) is 40.9 Å². The number of nitrogens with one attached hydrogen (secondary N) is 1. The highest BCUT2D eigenvalue weighted by atomic mass is 16.1. The molecule has 4 rings (SSSR count). The molecule has 0 aliphatic carbocycles. The number of carbonyl (C=O) groups excluding carboxylic acids is 1. The maximum absolute atomic E-state index is 13.2. The summed E-state index contributed by atoms with van der Waals surface area (Å²) in [5, 5.41) is 1.98. The van der Waals surface area contributed by atoms with Crippen molar-refractivity contribution in [2.45, 2.75) is 6.54 Å². The summed E-state index contributed by atoms with van der Waals surface area (Å²) < 4.78 is 2.18. The normalized spacial score (nSPS) is 11.6. The third-order valence-electron chi connectivity index (χ3n) is 4.66. The van der Waals surface area contributed by atoms with Crippen molar-refractivity contribution in [2.24, 2.45) is 0 Å². The molecule has 0 saturated carbocycles. The number of rotatable bonds is 5. The fourth-order valence-corrected chi connectivity index (χ4v) is 3.32. The number of hydrogen-bond donors (Lipinski definition) is 1. The van der Waals surface area contributed by atoms with Gasteiger partial charge in [-0.3, -0.25) is 4.79 Å². The lowest BCUT2D eigenvalue weighted by atomic mass is 10.0. The smallest absolute Gasteiger partial charge is 0.197 e. The van der Waals surface area contributed by atoms with E-state index in [2.05, 4.69) is 34.6 Å². The minimum Gasteiger partial charge on any atom is -0.360 e. The molecule has 0 saturated heterocycles. The Morgan fingerprint density at radius 1 is 1.00 bits per heavy atom. The molecule has 1 N–H and O–H groups in total. The van der Waals surface area contributed by atoms with Crippen molar-refractivity contribution < 1.29 is 4.79 Å². The van der Waals surface area contributed by atoms with Crippen LogP contribution in [0.5, 0.6) is 0 Å². The van der Waals surface area contributed by atoms with E-state index >= 15 is 0 Å². The summed E-state index contributed by atoms with van der Waals surface area (Å²) in [4.78, 5) is 18.6. The average Bonchev–Trinajstić information content (AvgIpc) is 3.21. The van der Waals surface area contributed by atoms with Crippen LogP contribution < -0.4 is 0 Å². The number of H-pyrrole nitrogens is 1. The molecule has 0 amide bonds. The van der Waals surface area contributed by atoms with Gasteiger partial charge in [-0.15, -0.1) is 0 Å². The maximum atomic E-state index is 13.2. The number of likely N-dealkylation sites (N-methyl/N-ethyl adjacent to an activating group) is 1. The Morgan fingerprint density at radius 3 is 2.52 bits per heavy atom. The molecule has 0 atom stereocenters. The molecule has 0 unspecified atom stereocenters. The Morgan fingerprint density at radius 2 is 1.72 bits per heavy atom. The molecule has 0 spiro atoms. The van der Waals surface area contributed by atoms with E-state index in [1.54, 1.807) is 0 Å². The second-order valence-electron chi connectivity index (χ2n) is 6.63. The predicted octanol–water partition coefficient (Wildman–Crippen LogP) is 3.92. The number of fused-ring (bicyclic) bond motifs is 2. The molecular formula is C21H21N3O. The van der Waals surface area contributed by atoms with E-state index in [9.17, 15) is 4.79 Å². The summed E-state index contributed by atoms with van der Waals surface area (Å²) in [6.07, 6.45) is 3.82. The lowest BCUT2D eigenvalue weighted by molar-refractivity contribution is 0.104. The van der Waals surface area contributed by atoms with Crippen LogP contribution in [0.1, 0.15) is 15.9 Å². The Balaban J connectivity index is 1.82. The van der Waals surface area contributed by atoms with Crippen molar-refractivity contribution in [3.63, 3.8) is 0 Å². The summed E-state index contributed by atoms with van der Waals surface area (Å²) in [6, 6.07) is 16.0. The first-order valence-electron chi connectivity index (χ1n) is 8.48. The van der Waals surface area contributed by atoms with Gasteiger partial charge in [0.25, 0.3) is 0 Å². The quantitative estimate of drug-likeness (QED) is 0.563. The van der Waals surface area contributed by atoms with Gasteiger partial charge in [0, 0.05) is 58.4 Å². The zero-order valence-electron chi connectivity index (χ0n) is 14.5. The van der Waals surface area contributed by atoms with Crippen molar-refractivity contribution in [1.29, 1.82) is 0 Å². The van der Waals surface area contributed by atoms with Gasteiger partial charge in [0.1, 0.15) is 0 Å². The lowest BCUT2D eigenvalue weighted by Crippen LogP contribution is -2.18. The zero-order valence-corrected chi connectivity index (χ0v) is 14.5. The van der Waals surface area contributed by atoms with Crippen LogP contribution >= 0.6 is 0 Å². The van der Waals surface area contributed by atoms with Crippen molar-refractivity contribution in [2.75, 3.05) is 20.6 Å². The van der Waals surface area contributed by atoms with E-state index in [4.69, 9.17) is 0 Å². The molecule has 4 nitrogen and oxygen atoms in total. The van der Waals surface area contributed by atoms with Gasteiger partial charge < -0.3 is 14.5 Å². The summed E-state index contributed by atoms with van der Waals surface area (Å²) in [5.74, 6) is 0.0669. The number of nitrogens with zero attached hydrogens (tertiary/aromatic N) is 2. The van der Waals surface area contributed by atoms with E-state index in [1.165, 1.54) is 0 Å². The molecule has 2 aromatic carbocycles. The van der Waals surface area contributed by atoms with Gasteiger partial charge in [-0.25, -0.2) is 0 Å². The summed E-state index contributed by atoms with van der Waals surface area (Å²) in [7, 11) is 4.12. The molecule has 126 valence electrons. The highest BCUT2D eigenvalue weighted by molar-refractivity contribution is 6.21. The first kappa shape index (κ1) is 15.7. The zero-order chi connectivity index (χ0) is 17.4. The van der Waals surface area contributed by atoms with Crippen LogP contribution in [0.3, 0.4) is 0 Å². The number of para-hydroxylation sites is 2. The number of benzene rings is 2. The Kier molecular flexibility index (Phi) is 3.90. The summed E-state index contributed by atoms with van der Waals surface area (Å²) >= 11 is 0. The van der Waals surface area contributed by atoms with E-state index in [-0.39, 0.29) is 5.78 Å². The van der Waals surface area contributed by atoms with Crippen LogP contribution in [0.2, 0.25) is 0 Å². The third kappa shape index (κ3) is 2.75. The third-order valence-corrected chi connectivity index (χ3v) is 4.66. The number of aromatic amines is 1. The number of aromatic nitrogens is 2. The molecule has 0 bridgehead atoms. The van der Waals surface area contributed by atoms with Gasteiger partial charge in [-0.2, -0.15) is 0 Å². The molecule has 4 aromatic rings. The largest absolute Gasteiger partial charge is 0.360 e. The van der Waals surface area contributed by atoms with Crippen LogP contribution in [0.15, 0.2) is 60.9 Å². The average molecular weight is 331 g/mol. The van der Waals surface area contributed by atoms with Gasteiger partial charge in [-0.1, -0.05) is 36.4 Å². The molecule has 2 heterocycles. The fraction of sp³-hybridized carbons (Fsp3) is 0.190. The van der Waals surface area contributed by atoms with E-state index in [0.717, 1.165) is 46.0 Å². The standard InChI is InChI=1S/C21H21N3O/c1-23(2)11-12-24-14-18(16-8-4-6-10-20(16)24)21(25)17-13-22-19-9-5-3-7-15(17)19/h3-10,13-14,22H,11-12H2,1-2H3. The van der Waals surface area contributed by atoms with Gasteiger partial charge >= 0.3 is 0 Å². The summed E-state index contributed by atoms with van der Waals surface area (Å²) in [5.41, 5.74) is 3.58. The molecule has 0 aliphatic rings. The van der Waals surface area contributed by atoms with Gasteiger partial charge in [0.05, 0.1) is 0 Å². The van der Waals surface area contributed by atoms with Gasteiger partial charge in [0.15, 0.2) is 5.78 Å². The first-order chi connectivity index (χ1) is 12.1. The maximum Gasteiger partial charge on any atom is 0.197 e. The van der Waals surface area contributed by atoms with Crippen molar-refractivity contribution in [3.8, 4) is 0 Å². The van der Waals surface area contributed by atoms with Gasteiger partial charge in [-0.05, 0) is 26.2 Å². The first-order valence-corrected chi connectivity index (χ1v) is 8.48. The Hall–Kier alpha value is -2.85. The second kappa shape index (κ2) is 6.22. The molecule has 0 fully saturated rings. The van der Waals surface area contributed by atoms with Crippen molar-refractivity contribution in [3.05, 3.63) is 72.1 Å². The Labute approximate surface area is 146 Å². The molecule has 25 heavy (non-hydrogen) atoms. The van der Waals surface area contributed by atoms with E-state index in [0.29, 0.717) is 0 Å². The predicted molar refractivity (Wildman–Crippen MR) is 102 cm³/mol. The fourth-order valence-electron chi connectivity index (χ4n) is 3.32. The van der Waals surface area contributed by atoms with E-state index in [1.807, 2.05) is 54.9 Å². The van der Waals surface area contributed by atoms with Gasteiger partial charge in [0.2, 0.25) is 0 Å². The number of carbonyl (C=O) groups is 1. The highest BCUT2D eigenvalue weighted by Gasteiger charge is 2.19. The van der Waals surface area contributed by atoms with Crippen LogP contribution in [0, 0.1) is 0 Å². The number of hydrogen-bond acceptors (Lipinski definition) is 2. The molecule has 4 heteroatoms. The van der Waals surface area contributed by atoms with Crippen molar-refractivity contribution >= 4 is 27.6 Å². The lowest BCUT2D eigenvalue weighted by Gasteiger charge is -2.10. The number of ketones is 1. The van der Waals surface area contributed by atoms with E-state index < -0.39 is 0 Å². The van der Waals surface area contributed by atoms with Crippen LogP contribution in [0.25, 0.3) is 21.8 Å². The summed E-state index contributed by atoms with van der Waals surface area (Å²) in [6.45, 7) is 1.79. The minimum absolute atomic E-state index is 0.0669. The molecular weight excluding hydrogens is 310 g/mol. The SMILES string of the molecule is CN(C)CCn1cc(C(=O)c2c[nH]c3ccccc23)c2ccccc21. The van der Waals surface area contributed by atoms with Crippen LogP contribution in [-0.2, 0) is 6.54 Å². The molecule has 0 radical (unpaired) electrons. The second-order valence-corrected chi connectivity index (χ2v) is 6.63. The van der Waals surface area contributed by atoms with Crippen molar-refractivity contribution in [1.82, 2.24) is 14.5 Å². The molecule has 2 aromatic heterocycles. The molecule has 0 aliphatic heterocycles. The monoisotopic (exact) mass is 331 g/mol. The van der Waals surface area contributed by atoms with Crippen LogP contribution in [0.4, 0.5) is 0 Å². The Bertz CT molecular complexity index is 1060. The topological polar surface area (TPSA) is 41.0 Å².